The van der Waals surface area contributed by atoms with Crippen LogP contribution in [0.2, 0.25) is 0 Å². The largest absolute Gasteiger partial charge is 0.398 e. The first-order valence-corrected chi connectivity index (χ1v) is 6.82. The first-order chi connectivity index (χ1) is 9.56. The van der Waals surface area contributed by atoms with Gasteiger partial charge in [-0.2, -0.15) is 0 Å². The van der Waals surface area contributed by atoms with Crippen molar-refractivity contribution in [2.45, 2.75) is 38.6 Å². The van der Waals surface area contributed by atoms with Gasteiger partial charge in [0.25, 0.3) is 0 Å². The maximum atomic E-state index is 12.2. The maximum Gasteiger partial charge on any atom is 0.220 e. The Morgan fingerprint density at radius 2 is 2.00 bits per heavy atom. The SMILES string of the molecule is CCCCCC(=O)NC1C(=O)c2cccc(N)c2C1=O. The zero-order valence-corrected chi connectivity index (χ0v) is 11.4. The average molecular weight is 274 g/mol. The number of Topliss-reactive ketones (excluding diaryl/α,β-unsaturated/α-hetero) is 2. The lowest BCUT2D eigenvalue weighted by atomic mass is 10.1. The van der Waals surface area contributed by atoms with Crippen LogP contribution in [-0.4, -0.2) is 23.5 Å². The molecular formula is C15H18N2O3. The van der Waals surface area contributed by atoms with E-state index in [0.717, 1.165) is 19.3 Å². The molecule has 106 valence electrons. The molecule has 1 atom stereocenters. The molecule has 0 heterocycles. The summed E-state index contributed by atoms with van der Waals surface area (Å²) in [5, 5.41) is 2.52. The molecule has 0 saturated carbocycles. The zero-order valence-electron chi connectivity index (χ0n) is 11.4. The van der Waals surface area contributed by atoms with E-state index in [9.17, 15) is 14.4 Å². The lowest BCUT2D eigenvalue weighted by Gasteiger charge is -2.09. The van der Waals surface area contributed by atoms with Crippen LogP contribution in [0.15, 0.2) is 18.2 Å². The zero-order chi connectivity index (χ0) is 14.7. The second-order valence-corrected chi connectivity index (χ2v) is 4.96. The van der Waals surface area contributed by atoms with Gasteiger partial charge in [-0.15, -0.1) is 0 Å². The fourth-order valence-corrected chi connectivity index (χ4v) is 2.37. The van der Waals surface area contributed by atoms with Gasteiger partial charge in [0.05, 0.1) is 5.56 Å². The van der Waals surface area contributed by atoms with Crippen LogP contribution in [0.25, 0.3) is 0 Å². The first-order valence-electron chi connectivity index (χ1n) is 6.82. The van der Waals surface area contributed by atoms with E-state index in [1.807, 2.05) is 6.92 Å². The summed E-state index contributed by atoms with van der Waals surface area (Å²) in [6.45, 7) is 2.04. The van der Waals surface area contributed by atoms with Crippen LogP contribution in [-0.2, 0) is 4.79 Å². The van der Waals surface area contributed by atoms with Crippen LogP contribution in [0, 0.1) is 0 Å². The number of hydrogen-bond donors (Lipinski definition) is 2. The summed E-state index contributed by atoms with van der Waals surface area (Å²) in [6, 6.07) is 3.67. The molecule has 3 N–H and O–H groups in total. The third kappa shape index (κ3) is 2.57. The number of unbranched alkanes of at least 4 members (excludes halogenated alkanes) is 2. The molecule has 2 rings (SSSR count). The molecule has 0 radical (unpaired) electrons. The Balaban J connectivity index is 2.09. The van der Waals surface area contributed by atoms with Gasteiger partial charge in [0.2, 0.25) is 5.91 Å². The highest BCUT2D eigenvalue weighted by Gasteiger charge is 2.40. The average Bonchev–Trinajstić information content (AvgIpc) is 2.65. The maximum absolute atomic E-state index is 12.2. The molecule has 1 aromatic carbocycles. The molecule has 5 heteroatoms. The topological polar surface area (TPSA) is 89.3 Å². The van der Waals surface area contributed by atoms with E-state index in [0.29, 0.717) is 12.0 Å². The lowest BCUT2D eigenvalue weighted by Crippen LogP contribution is -2.42. The molecule has 0 fully saturated rings. The molecule has 1 aromatic rings. The summed E-state index contributed by atoms with van der Waals surface area (Å²) in [6.07, 6.45) is 3.05. The van der Waals surface area contributed by atoms with Crippen LogP contribution in [0.5, 0.6) is 0 Å². The van der Waals surface area contributed by atoms with E-state index in [1.54, 1.807) is 18.2 Å². The minimum Gasteiger partial charge on any atom is -0.398 e. The number of nitrogens with one attached hydrogen (secondary N) is 1. The highest BCUT2D eigenvalue weighted by atomic mass is 16.2. The lowest BCUT2D eigenvalue weighted by molar-refractivity contribution is -0.121. The minimum absolute atomic E-state index is 0.233. The summed E-state index contributed by atoms with van der Waals surface area (Å²) in [4.78, 5) is 36.1. The minimum atomic E-state index is -1.11. The van der Waals surface area contributed by atoms with Gasteiger partial charge in [0, 0.05) is 17.7 Å². The molecular weight excluding hydrogens is 256 g/mol. The first kappa shape index (κ1) is 14.2. The third-order valence-electron chi connectivity index (χ3n) is 3.45. The Morgan fingerprint density at radius 1 is 1.25 bits per heavy atom. The van der Waals surface area contributed by atoms with E-state index < -0.39 is 11.8 Å². The number of carbonyl (C=O) groups excluding carboxylic acids is 3. The van der Waals surface area contributed by atoms with Crippen molar-refractivity contribution in [2.24, 2.45) is 0 Å². The molecule has 20 heavy (non-hydrogen) atoms. The fraction of sp³-hybridized carbons (Fsp3) is 0.400. The monoisotopic (exact) mass is 274 g/mol. The highest BCUT2D eigenvalue weighted by molar-refractivity contribution is 6.31. The molecule has 0 saturated heterocycles. The second kappa shape index (κ2) is 5.86. The fourth-order valence-electron chi connectivity index (χ4n) is 2.37. The molecule has 0 spiro atoms. The number of fused-ring (bicyclic) bond motifs is 1. The Morgan fingerprint density at radius 3 is 2.65 bits per heavy atom. The number of ketones is 2. The Kier molecular flexibility index (Phi) is 4.17. The molecule has 5 nitrogen and oxygen atoms in total. The second-order valence-electron chi connectivity index (χ2n) is 4.96. The van der Waals surface area contributed by atoms with Crippen molar-refractivity contribution in [1.29, 1.82) is 0 Å². The molecule has 1 amide bonds. The van der Waals surface area contributed by atoms with Crippen LogP contribution in [0.4, 0.5) is 5.69 Å². The quantitative estimate of drug-likeness (QED) is 0.486. The van der Waals surface area contributed by atoms with Crippen molar-refractivity contribution in [3.05, 3.63) is 29.3 Å². The van der Waals surface area contributed by atoms with Gasteiger partial charge in [0.1, 0.15) is 0 Å². The van der Waals surface area contributed by atoms with Crippen LogP contribution in [0.3, 0.4) is 0 Å². The van der Waals surface area contributed by atoms with Crippen LogP contribution >= 0.6 is 0 Å². The standard InChI is InChI=1S/C15H18N2O3/c1-2-3-4-8-11(18)17-13-14(19)9-6-5-7-10(16)12(9)15(13)20/h5-7,13H,2-4,8,16H2,1H3,(H,17,18). The van der Waals surface area contributed by atoms with Crippen molar-refractivity contribution in [1.82, 2.24) is 5.32 Å². The van der Waals surface area contributed by atoms with Crippen LogP contribution < -0.4 is 11.1 Å². The number of nitrogen functional groups attached to an aromatic ring is 1. The van der Waals surface area contributed by atoms with Crippen molar-refractivity contribution in [3.63, 3.8) is 0 Å². The number of anilines is 1. The number of amides is 1. The predicted octanol–water partition coefficient (Wildman–Crippen LogP) is 1.71. The number of rotatable bonds is 5. The molecule has 0 aromatic heterocycles. The van der Waals surface area contributed by atoms with Crippen molar-refractivity contribution in [2.75, 3.05) is 5.73 Å². The third-order valence-corrected chi connectivity index (χ3v) is 3.45. The predicted molar refractivity (Wildman–Crippen MR) is 75.6 cm³/mol. The van der Waals surface area contributed by atoms with Gasteiger partial charge in [0.15, 0.2) is 17.6 Å². The molecule has 0 bridgehead atoms. The molecule has 0 aliphatic heterocycles. The number of carbonyl (C=O) groups is 3. The van der Waals surface area contributed by atoms with Crippen molar-refractivity contribution < 1.29 is 14.4 Å². The summed E-state index contributed by atoms with van der Waals surface area (Å²) in [5.41, 5.74) is 6.54. The van der Waals surface area contributed by atoms with E-state index >= 15 is 0 Å². The van der Waals surface area contributed by atoms with E-state index in [-0.39, 0.29) is 22.9 Å². The normalized spacial score (nSPS) is 17.1. The number of hydrogen-bond acceptors (Lipinski definition) is 4. The smallest absolute Gasteiger partial charge is 0.220 e. The Labute approximate surface area is 117 Å². The highest BCUT2D eigenvalue weighted by Crippen LogP contribution is 2.27. The van der Waals surface area contributed by atoms with Gasteiger partial charge in [-0.25, -0.2) is 0 Å². The molecule has 1 aliphatic carbocycles. The molecule has 1 aliphatic rings. The Bertz CT molecular complexity index is 566. The Hall–Kier alpha value is -2.17. The summed E-state index contributed by atoms with van der Waals surface area (Å²) in [7, 11) is 0. The van der Waals surface area contributed by atoms with E-state index in [2.05, 4.69) is 5.32 Å². The van der Waals surface area contributed by atoms with Gasteiger partial charge in [-0.3, -0.25) is 14.4 Å². The van der Waals surface area contributed by atoms with Gasteiger partial charge < -0.3 is 11.1 Å². The van der Waals surface area contributed by atoms with Crippen molar-refractivity contribution >= 4 is 23.2 Å². The number of benzene rings is 1. The van der Waals surface area contributed by atoms with Gasteiger partial charge in [-0.05, 0) is 12.5 Å². The van der Waals surface area contributed by atoms with Crippen LogP contribution in [0.1, 0.15) is 53.3 Å². The molecule has 1 unspecified atom stereocenters. The van der Waals surface area contributed by atoms with Crippen molar-refractivity contribution in [3.8, 4) is 0 Å². The summed E-state index contributed by atoms with van der Waals surface area (Å²) >= 11 is 0. The van der Waals surface area contributed by atoms with Gasteiger partial charge in [-0.1, -0.05) is 31.9 Å². The van der Waals surface area contributed by atoms with E-state index in [4.69, 9.17) is 5.73 Å². The summed E-state index contributed by atoms with van der Waals surface area (Å²) < 4.78 is 0. The van der Waals surface area contributed by atoms with Gasteiger partial charge >= 0.3 is 0 Å². The van der Waals surface area contributed by atoms with E-state index in [1.165, 1.54) is 0 Å². The summed E-state index contributed by atoms with van der Waals surface area (Å²) in [5.74, 6) is -1.05. The number of nitrogens with two attached hydrogens (primary N) is 1.